The van der Waals surface area contributed by atoms with Crippen LogP contribution in [0.4, 0.5) is 0 Å². The molecular weight excluding hydrogens is 256 g/mol. The number of nitrogens with two attached hydrogens (primary N) is 1. The molecule has 0 aromatic heterocycles. The van der Waals surface area contributed by atoms with Gasteiger partial charge in [-0.15, -0.1) is 0 Å². The summed E-state index contributed by atoms with van der Waals surface area (Å²) in [4.78, 5) is 14.2. The summed E-state index contributed by atoms with van der Waals surface area (Å²) in [6.07, 6.45) is 1.82. The second kappa shape index (κ2) is 6.13. The van der Waals surface area contributed by atoms with E-state index in [2.05, 4.69) is 0 Å². The molecule has 1 aliphatic heterocycles. The highest BCUT2D eigenvalue weighted by molar-refractivity contribution is 5.97. The molecule has 1 aliphatic rings. The Morgan fingerprint density at radius 2 is 2.10 bits per heavy atom. The zero-order valence-corrected chi connectivity index (χ0v) is 12.0. The number of nitrogens with zero attached hydrogens (tertiary/aromatic N) is 1. The number of carbonyl (C=O) groups is 1. The van der Waals surface area contributed by atoms with Gasteiger partial charge in [-0.1, -0.05) is 0 Å². The van der Waals surface area contributed by atoms with Crippen molar-refractivity contribution in [3.8, 4) is 11.5 Å². The van der Waals surface area contributed by atoms with Crippen LogP contribution in [-0.2, 0) is 0 Å². The summed E-state index contributed by atoms with van der Waals surface area (Å²) in [5.41, 5.74) is 6.20. The molecule has 1 unspecified atom stereocenters. The first-order valence-corrected chi connectivity index (χ1v) is 6.94. The maximum absolute atomic E-state index is 12.4. The lowest BCUT2D eigenvalue weighted by Crippen LogP contribution is -2.42. The number of phenols is 1. The molecule has 5 nitrogen and oxygen atoms in total. The van der Waals surface area contributed by atoms with Crippen LogP contribution in [-0.4, -0.2) is 42.2 Å². The molecule has 0 aliphatic carbocycles. The van der Waals surface area contributed by atoms with Crippen molar-refractivity contribution >= 4 is 5.91 Å². The predicted molar refractivity (Wildman–Crippen MR) is 76.9 cm³/mol. The Morgan fingerprint density at radius 3 is 2.65 bits per heavy atom. The van der Waals surface area contributed by atoms with E-state index in [1.54, 1.807) is 17.0 Å². The molecule has 0 saturated carbocycles. The predicted octanol–water partition coefficient (Wildman–Crippen LogP) is 1.60. The van der Waals surface area contributed by atoms with Crippen LogP contribution in [0.15, 0.2) is 18.2 Å². The Kier molecular flexibility index (Phi) is 4.49. The number of ether oxygens (including phenoxy) is 1. The minimum atomic E-state index is -0.149. The Morgan fingerprint density at radius 1 is 1.45 bits per heavy atom. The van der Waals surface area contributed by atoms with Crippen LogP contribution in [0.1, 0.15) is 30.1 Å². The first kappa shape index (κ1) is 14.7. The highest BCUT2D eigenvalue weighted by Crippen LogP contribution is 2.27. The van der Waals surface area contributed by atoms with Crippen LogP contribution >= 0.6 is 0 Å². The Hall–Kier alpha value is -1.75. The lowest BCUT2D eigenvalue weighted by atomic mass is 9.90. The van der Waals surface area contributed by atoms with E-state index < -0.39 is 0 Å². The number of hydrogen-bond donors (Lipinski definition) is 2. The van der Waals surface area contributed by atoms with Gasteiger partial charge in [-0.3, -0.25) is 4.79 Å². The van der Waals surface area contributed by atoms with Gasteiger partial charge in [0.15, 0.2) is 0 Å². The molecule has 1 amide bonds. The third-order valence-corrected chi connectivity index (χ3v) is 4.00. The van der Waals surface area contributed by atoms with Gasteiger partial charge in [0.05, 0.1) is 12.7 Å². The van der Waals surface area contributed by atoms with Crippen molar-refractivity contribution in [2.45, 2.75) is 25.8 Å². The first-order chi connectivity index (χ1) is 9.52. The lowest BCUT2D eigenvalue weighted by molar-refractivity contribution is 0.0677. The number of phenolic OH excluding ortho intramolecular Hbond substituents is 1. The van der Waals surface area contributed by atoms with Crippen LogP contribution < -0.4 is 10.5 Å². The average Bonchev–Trinajstić information content (AvgIpc) is 2.47. The van der Waals surface area contributed by atoms with Gasteiger partial charge in [0, 0.05) is 19.1 Å². The summed E-state index contributed by atoms with van der Waals surface area (Å²) >= 11 is 0. The molecule has 5 heteroatoms. The summed E-state index contributed by atoms with van der Waals surface area (Å²) in [5, 5.41) is 9.85. The molecular formula is C15H22N2O3. The molecule has 1 heterocycles. The van der Waals surface area contributed by atoms with E-state index in [1.165, 1.54) is 13.2 Å². The molecule has 1 aromatic carbocycles. The van der Waals surface area contributed by atoms with Gasteiger partial charge in [-0.05, 0) is 43.9 Å². The second-order valence-corrected chi connectivity index (χ2v) is 5.37. The van der Waals surface area contributed by atoms with Crippen LogP contribution in [0.2, 0.25) is 0 Å². The molecule has 1 saturated heterocycles. The quantitative estimate of drug-likeness (QED) is 0.880. The minimum absolute atomic E-state index is 0.00915. The van der Waals surface area contributed by atoms with E-state index in [0.717, 1.165) is 12.8 Å². The fourth-order valence-corrected chi connectivity index (χ4v) is 2.61. The van der Waals surface area contributed by atoms with Crippen molar-refractivity contribution < 1.29 is 14.6 Å². The standard InChI is InChI=1S/C15H22N2O3/c1-10(16)11-5-7-17(8-6-11)15(19)13-9-12(20-2)3-4-14(13)18/h3-4,9-11,18H,5-8,16H2,1-2H3. The molecule has 0 bridgehead atoms. The molecule has 0 radical (unpaired) electrons. The number of benzene rings is 1. The Balaban J connectivity index is 2.09. The Labute approximate surface area is 119 Å². The van der Waals surface area contributed by atoms with Gasteiger partial charge >= 0.3 is 0 Å². The van der Waals surface area contributed by atoms with Crippen molar-refractivity contribution in [3.05, 3.63) is 23.8 Å². The van der Waals surface area contributed by atoms with Crippen LogP contribution in [0.25, 0.3) is 0 Å². The summed E-state index contributed by atoms with van der Waals surface area (Å²) in [7, 11) is 1.54. The summed E-state index contributed by atoms with van der Waals surface area (Å²) in [6, 6.07) is 4.86. The van der Waals surface area contributed by atoms with Crippen molar-refractivity contribution in [3.63, 3.8) is 0 Å². The Bertz CT molecular complexity index is 480. The topological polar surface area (TPSA) is 75.8 Å². The summed E-state index contributed by atoms with van der Waals surface area (Å²) < 4.78 is 5.10. The normalized spacial score (nSPS) is 17.9. The maximum atomic E-state index is 12.4. The lowest BCUT2D eigenvalue weighted by Gasteiger charge is -2.33. The number of hydrogen-bond acceptors (Lipinski definition) is 4. The van der Waals surface area contributed by atoms with E-state index in [9.17, 15) is 9.90 Å². The number of likely N-dealkylation sites (tertiary alicyclic amines) is 1. The van der Waals surface area contributed by atoms with Gasteiger partial charge in [0.1, 0.15) is 11.5 Å². The van der Waals surface area contributed by atoms with E-state index >= 15 is 0 Å². The smallest absolute Gasteiger partial charge is 0.257 e. The third kappa shape index (κ3) is 3.04. The molecule has 1 atom stereocenters. The fraction of sp³-hybridized carbons (Fsp3) is 0.533. The van der Waals surface area contributed by atoms with Crippen molar-refractivity contribution in [2.24, 2.45) is 11.7 Å². The average molecular weight is 278 g/mol. The van der Waals surface area contributed by atoms with Gasteiger partial charge in [-0.2, -0.15) is 0 Å². The van der Waals surface area contributed by atoms with Crippen molar-refractivity contribution in [2.75, 3.05) is 20.2 Å². The van der Waals surface area contributed by atoms with Crippen molar-refractivity contribution in [1.82, 2.24) is 4.90 Å². The summed E-state index contributed by atoms with van der Waals surface area (Å²) in [6.45, 7) is 3.37. The first-order valence-electron chi connectivity index (χ1n) is 6.94. The minimum Gasteiger partial charge on any atom is -0.507 e. The molecule has 0 spiro atoms. The van der Waals surface area contributed by atoms with Gasteiger partial charge in [0.25, 0.3) is 5.91 Å². The molecule has 3 N–H and O–H groups in total. The van der Waals surface area contributed by atoms with Gasteiger partial charge < -0.3 is 20.5 Å². The maximum Gasteiger partial charge on any atom is 0.257 e. The number of carbonyl (C=O) groups excluding carboxylic acids is 1. The van der Waals surface area contributed by atoms with Crippen LogP contribution in [0, 0.1) is 5.92 Å². The molecule has 1 aromatic rings. The largest absolute Gasteiger partial charge is 0.507 e. The van der Waals surface area contributed by atoms with E-state index in [-0.39, 0.29) is 17.7 Å². The summed E-state index contributed by atoms with van der Waals surface area (Å²) in [5.74, 6) is 0.879. The number of piperidine rings is 1. The van der Waals surface area contributed by atoms with Crippen molar-refractivity contribution in [1.29, 1.82) is 0 Å². The SMILES string of the molecule is COc1ccc(O)c(C(=O)N2CCC(C(C)N)CC2)c1. The van der Waals surface area contributed by atoms with Crippen LogP contribution in [0.5, 0.6) is 11.5 Å². The zero-order chi connectivity index (χ0) is 14.7. The third-order valence-electron chi connectivity index (χ3n) is 4.00. The van der Waals surface area contributed by atoms with Gasteiger partial charge in [0.2, 0.25) is 0 Å². The second-order valence-electron chi connectivity index (χ2n) is 5.37. The molecule has 110 valence electrons. The fourth-order valence-electron chi connectivity index (χ4n) is 2.61. The number of aromatic hydroxyl groups is 1. The van der Waals surface area contributed by atoms with Crippen LogP contribution in [0.3, 0.4) is 0 Å². The van der Waals surface area contributed by atoms with E-state index in [4.69, 9.17) is 10.5 Å². The number of rotatable bonds is 3. The molecule has 1 fully saturated rings. The monoisotopic (exact) mass is 278 g/mol. The molecule has 2 rings (SSSR count). The molecule has 20 heavy (non-hydrogen) atoms. The zero-order valence-electron chi connectivity index (χ0n) is 12.0. The van der Waals surface area contributed by atoms with E-state index in [1.807, 2.05) is 6.92 Å². The van der Waals surface area contributed by atoms with E-state index in [0.29, 0.717) is 30.3 Å². The number of amides is 1. The number of methoxy groups -OCH3 is 1. The highest BCUT2D eigenvalue weighted by Gasteiger charge is 2.26. The van der Waals surface area contributed by atoms with Gasteiger partial charge in [-0.25, -0.2) is 0 Å². The highest BCUT2D eigenvalue weighted by atomic mass is 16.5.